The first-order valence-electron chi connectivity index (χ1n) is 6.49. The third kappa shape index (κ3) is 3.96. The molecule has 0 aliphatic heterocycles. The summed E-state index contributed by atoms with van der Waals surface area (Å²) in [5, 5.41) is 0. The van der Waals surface area contributed by atoms with Crippen molar-refractivity contribution in [2.75, 3.05) is 13.6 Å². The van der Waals surface area contributed by atoms with Crippen LogP contribution in [0.4, 0.5) is 0 Å². The maximum atomic E-state index is 12.3. The fourth-order valence-electron chi connectivity index (χ4n) is 2.03. The average molecular weight is 318 g/mol. The molecule has 0 saturated carbocycles. The van der Waals surface area contributed by atoms with E-state index in [2.05, 4.69) is 0 Å². The van der Waals surface area contributed by atoms with Gasteiger partial charge in [0, 0.05) is 29.8 Å². The normalized spacial score (nSPS) is 11.4. The molecule has 1 aromatic carbocycles. The molecule has 0 fully saturated rings. The Bertz CT molecular complexity index is 611. The van der Waals surface area contributed by atoms with E-state index in [-0.39, 0.29) is 10.8 Å². The molecule has 1 aromatic rings. The summed E-state index contributed by atoms with van der Waals surface area (Å²) in [6.45, 7) is 6.15. The summed E-state index contributed by atoms with van der Waals surface area (Å²) in [5.74, 6) is -0.183. The Morgan fingerprint density at radius 3 is 2.35 bits per heavy atom. The highest BCUT2D eigenvalue weighted by molar-refractivity contribution is 8.13. The molecule has 1 rings (SSSR count). The van der Waals surface area contributed by atoms with Gasteiger partial charge in [-0.25, -0.2) is 8.42 Å². The van der Waals surface area contributed by atoms with Crippen LogP contribution in [0.15, 0.2) is 17.0 Å². The van der Waals surface area contributed by atoms with Crippen LogP contribution in [0.5, 0.6) is 0 Å². The monoisotopic (exact) mass is 317 g/mol. The van der Waals surface area contributed by atoms with Crippen LogP contribution >= 0.6 is 10.7 Å². The first kappa shape index (κ1) is 17.0. The standard InChI is InChI=1S/C14H20ClNO3S/c1-5-6-7-16(4)14(17)12-9-13(20(15,18)19)11(3)8-10(12)2/h8-9H,5-7H2,1-4H3. The van der Waals surface area contributed by atoms with Crippen molar-refractivity contribution >= 4 is 25.6 Å². The van der Waals surface area contributed by atoms with Crippen molar-refractivity contribution in [2.45, 2.75) is 38.5 Å². The Morgan fingerprint density at radius 1 is 1.25 bits per heavy atom. The Hall–Kier alpha value is -1.07. The molecule has 0 unspecified atom stereocenters. The Labute approximate surface area is 125 Å². The Kier molecular flexibility index (Phi) is 5.59. The van der Waals surface area contributed by atoms with Gasteiger partial charge in [0.05, 0.1) is 4.90 Å². The molecule has 0 aliphatic carbocycles. The second-order valence-electron chi connectivity index (χ2n) is 4.95. The molecule has 0 bridgehead atoms. The van der Waals surface area contributed by atoms with Gasteiger partial charge in [-0.05, 0) is 37.5 Å². The van der Waals surface area contributed by atoms with Gasteiger partial charge in [0.15, 0.2) is 0 Å². The van der Waals surface area contributed by atoms with Crippen molar-refractivity contribution in [1.82, 2.24) is 4.90 Å². The van der Waals surface area contributed by atoms with Gasteiger partial charge in [-0.15, -0.1) is 0 Å². The van der Waals surface area contributed by atoms with Crippen molar-refractivity contribution in [2.24, 2.45) is 0 Å². The molecular weight excluding hydrogens is 298 g/mol. The molecular formula is C14H20ClNO3S. The van der Waals surface area contributed by atoms with Crippen molar-refractivity contribution in [1.29, 1.82) is 0 Å². The molecule has 0 aromatic heterocycles. The summed E-state index contributed by atoms with van der Waals surface area (Å²) < 4.78 is 23.0. The zero-order chi connectivity index (χ0) is 15.5. The minimum absolute atomic E-state index is 0.00277. The molecule has 4 nitrogen and oxygen atoms in total. The van der Waals surface area contributed by atoms with E-state index in [1.165, 1.54) is 6.07 Å². The Morgan fingerprint density at radius 2 is 1.85 bits per heavy atom. The number of rotatable bonds is 5. The largest absolute Gasteiger partial charge is 0.342 e. The summed E-state index contributed by atoms with van der Waals surface area (Å²) in [4.78, 5) is 14.0. The van der Waals surface area contributed by atoms with Gasteiger partial charge < -0.3 is 4.90 Å². The van der Waals surface area contributed by atoms with Crippen LogP contribution in [0.25, 0.3) is 0 Å². The summed E-state index contributed by atoms with van der Waals surface area (Å²) in [5.41, 5.74) is 1.68. The van der Waals surface area contributed by atoms with E-state index in [0.29, 0.717) is 17.7 Å². The van der Waals surface area contributed by atoms with Gasteiger partial charge in [-0.2, -0.15) is 0 Å². The van der Waals surface area contributed by atoms with Crippen LogP contribution in [0, 0.1) is 13.8 Å². The minimum atomic E-state index is -3.85. The van der Waals surface area contributed by atoms with Crippen LogP contribution in [-0.4, -0.2) is 32.8 Å². The summed E-state index contributed by atoms with van der Waals surface area (Å²) in [6, 6.07) is 3.05. The fraction of sp³-hybridized carbons (Fsp3) is 0.500. The number of carbonyl (C=O) groups is 1. The lowest BCUT2D eigenvalue weighted by Crippen LogP contribution is -2.28. The SMILES string of the molecule is CCCCN(C)C(=O)c1cc(S(=O)(=O)Cl)c(C)cc1C. The van der Waals surface area contributed by atoms with Crippen molar-refractivity contribution in [3.05, 3.63) is 28.8 Å². The molecule has 6 heteroatoms. The van der Waals surface area contributed by atoms with Gasteiger partial charge in [0.1, 0.15) is 0 Å². The highest BCUT2D eigenvalue weighted by Crippen LogP contribution is 2.24. The number of hydrogen-bond donors (Lipinski definition) is 0. The van der Waals surface area contributed by atoms with Gasteiger partial charge >= 0.3 is 0 Å². The molecule has 0 heterocycles. The van der Waals surface area contributed by atoms with Crippen LogP contribution in [-0.2, 0) is 9.05 Å². The smallest absolute Gasteiger partial charge is 0.261 e. The second kappa shape index (κ2) is 6.59. The number of carbonyl (C=O) groups excluding carboxylic acids is 1. The molecule has 0 atom stereocenters. The first-order valence-corrected chi connectivity index (χ1v) is 8.80. The Balaban J connectivity index is 3.22. The van der Waals surface area contributed by atoms with Crippen LogP contribution < -0.4 is 0 Å². The molecule has 1 amide bonds. The number of hydrogen-bond acceptors (Lipinski definition) is 3. The number of aryl methyl sites for hydroxylation is 2. The first-order chi connectivity index (χ1) is 9.18. The van der Waals surface area contributed by atoms with Crippen molar-refractivity contribution in [3.8, 4) is 0 Å². The van der Waals surface area contributed by atoms with E-state index in [1.54, 1.807) is 31.9 Å². The van der Waals surface area contributed by atoms with Crippen LogP contribution in [0.1, 0.15) is 41.3 Å². The van der Waals surface area contributed by atoms with Gasteiger partial charge in [0.25, 0.3) is 15.0 Å². The van der Waals surface area contributed by atoms with E-state index < -0.39 is 9.05 Å². The maximum Gasteiger partial charge on any atom is 0.261 e. The highest BCUT2D eigenvalue weighted by atomic mass is 35.7. The maximum absolute atomic E-state index is 12.3. The zero-order valence-corrected chi connectivity index (χ0v) is 13.8. The number of nitrogens with zero attached hydrogens (tertiary/aromatic N) is 1. The number of amides is 1. The van der Waals surface area contributed by atoms with Crippen molar-refractivity contribution in [3.63, 3.8) is 0 Å². The molecule has 0 saturated heterocycles. The minimum Gasteiger partial charge on any atom is -0.342 e. The van der Waals surface area contributed by atoms with Crippen LogP contribution in [0.2, 0.25) is 0 Å². The van der Waals surface area contributed by atoms with Gasteiger partial charge in [0.2, 0.25) is 0 Å². The number of benzene rings is 1. The highest BCUT2D eigenvalue weighted by Gasteiger charge is 2.20. The topological polar surface area (TPSA) is 54.5 Å². The van der Waals surface area contributed by atoms with E-state index >= 15 is 0 Å². The third-order valence-corrected chi connectivity index (χ3v) is 4.67. The van der Waals surface area contributed by atoms with Gasteiger partial charge in [-0.3, -0.25) is 4.79 Å². The predicted molar refractivity (Wildman–Crippen MR) is 80.8 cm³/mol. The molecule has 0 N–H and O–H groups in total. The molecule has 0 aliphatic rings. The molecule has 112 valence electrons. The van der Waals surface area contributed by atoms with Crippen LogP contribution in [0.3, 0.4) is 0 Å². The summed E-state index contributed by atoms with van der Waals surface area (Å²) >= 11 is 0. The zero-order valence-electron chi connectivity index (χ0n) is 12.2. The van der Waals surface area contributed by atoms with E-state index in [1.807, 2.05) is 6.92 Å². The summed E-state index contributed by atoms with van der Waals surface area (Å²) in [7, 11) is 3.27. The average Bonchev–Trinajstić information content (AvgIpc) is 2.33. The number of unbranched alkanes of at least 4 members (excludes halogenated alkanes) is 1. The third-order valence-electron chi connectivity index (χ3n) is 3.21. The van der Waals surface area contributed by atoms with E-state index in [4.69, 9.17) is 10.7 Å². The molecule has 0 spiro atoms. The molecule has 0 radical (unpaired) electrons. The van der Waals surface area contributed by atoms with Gasteiger partial charge in [-0.1, -0.05) is 19.4 Å². The number of halogens is 1. The second-order valence-corrected chi connectivity index (χ2v) is 7.49. The predicted octanol–water partition coefficient (Wildman–Crippen LogP) is 3.10. The lowest BCUT2D eigenvalue weighted by molar-refractivity contribution is 0.0792. The van der Waals surface area contributed by atoms with Crippen molar-refractivity contribution < 1.29 is 13.2 Å². The summed E-state index contributed by atoms with van der Waals surface area (Å²) in [6.07, 6.45) is 1.90. The van der Waals surface area contributed by atoms with E-state index in [9.17, 15) is 13.2 Å². The quantitative estimate of drug-likeness (QED) is 0.784. The lowest BCUT2D eigenvalue weighted by Gasteiger charge is -2.19. The van der Waals surface area contributed by atoms with E-state index in [0.717, 1.165) is 18.4 Å². The molecule has 20 heavy (non-hydrogen) atoms. The lowest BCUT2D eigenvalue weighted by atomic mass is 10.0. The fourth-order valence-corrected chi connectivity index (χ4v) is 3.23.